The van der Waals surface area contributed by atoms with Crippen LogP contribution in [0.2, 0.25) is 0 Å². The van der Waals surface area contributed by atoms with Gasteiger partial charge in [-0.1, -0.05) is 20.3 Å². The molecule has 0 amide bonds. The van der Waals surface area contributed by atoms with E-state index in [9.17, 15) is 18.3 Å². The van der Waals surface area contributed by atoms with Gasteiger partial charge in [0.25, 0.3) is 11.6 Å². The van der Waals surface area contributed by atoms with Crippen molar-refractivity contribution in [3.63, 3.8) is 0 Å². The summed E-state index contributed by atoms with van der Waals surface area (Å²) in [6.45, 7) is 5.43. The Balaban J connectivity index is 2.46. The fourth-order valence-electron chi connectivity index (χ4n) is 2.05. The molecule has 0 spiro atoms. The smallest absolute Gasteiger partial charge is 0.394 e. The summed E-state index contributed by atoms with van der Waals surface area (Å²) in [6, 6.07) is 1.28. The van der Waals surface area contributed by atoms with Crippen LogP contribution in [0.25, 0.3) is 5.78 Å². The predicted octanol–water partition coefficient (Wildman–Crippen LogP) is 2.27. The van der Waals surface area contributed by atoms with E-state index in [0.29, 0.717) is 11.5 Å². The molecule has 2 aromatic rings. The highest BCUT2D eigenvalue weighted by atomic mass is 19.4. The molecular formula is C13H18F3N5O. The molecule has 2 N–H and O–H groups in total. The maximum absolute atomic E-state index is 12.7. The van der Waals surface area contributed by atoms with Crippen molar-refractivity contribution in [3.8, 4) is 0 Å². The van der Waals surface area contributed by atoms with E-state index >= 15 is 0 Å². The molecule has 0 fully saturated rings. The van der Waals surface area contributed by atoms with E-state index in [2.05, 4.69) is 20.4 Å². The Hall–Kier alpha value is -1.90. The minimum atomic E-state index is -4.63. The van der Waals surface area contributed by atoms with Gasteiger partial charge in [0.05, 0.1) is 12.6 Å². The van der Waals surface area contributed by atoms with Crippen LogP contribution in [0.4, 0.5) is 19.0 Å². The minimum Gasteiger partial charge on any atom is -0.394 e. The number of rotatable bonds is 5. The second-order valence-corrected chi connectivity index (χ2v) is 5.25. The Morgan fingerprint density at radius 2 is 2.05 bits per heavy atom. The molecule has 122 valence electrons. The zero-order valence-corrected chi connectivity index (χ0v) is 12.5. The fraction of sp³-hybridized carbons (Fsp3) is 0.615. The fourth-order valence-corrected chi connectivity index (χ4v) is 2.05. The number of hydrogen-bond acceptors (Lipinski definition) is 5. The third-order valence-corrected chi connectivity index (χ3v) is 3.55. The summed E-state index contributed by atoms with van der Waals surface area (Å²) in [5.74, 6) is -0.905. The Bertz CT molecular complexity index is 655. The van der Waals surface area contributed by atoms with Gasteiger partial charge in [-0.3, -0.25) is 0 Å². The quantitative estimate of drug-likeness (QED) is 0.885. The molecule has 0 aliphatic rings. The number of aromatic nitrogens is 4. The Morgan fingerprint density at radius 3 is 2.59 bits per heavy atom. The summed E-state index contributed by atoms with van der Waals surface area (Å²) in [5.41, 5.74) is 0.511. The van der Waals surface area contributed by atoms with Crippen LogP contribution in [0.15, 0.2) is 6.07 Å². The molecule has 9 heteroatoms. The third kappa shape index (κ3) is 3.29. The molecular weight excluding hydrogens is 299 g/mol. The maximum Gasteiger partial charge on any atom is 0.453 e. The van der Waals surface area contributed by atoms with Crippen LogP contribution in [0.3, 0.4) is 0 Å². The highest BCUT2D eigenvalue weighted by Crippen LogP contribution is 2.27. The van der Waals surface area contributed by atoms with E-state index in [1.807, 2.05) is 13.8 Å². The van der Waals surface area contributed by atoms with E-state index in [-0.39, 0.29) is 24.3 Å². The number of aliphatic hydroxyl groups is 1. The second-order valence-electron chi connectivity index (χ2n) is 5.25. The normalized spacial score (nSPS) is 15.0. The lowest BCUT2D eigenvalue weighted by atomic mass is 10.00. The van der Waals surface area contributed by atoms with Crippen molar-refractivity contribution in [3.05, 3.63) is 17.6 Å². The van der Waals surface area contributed by atoms with E-state index in [1.54, 1.807) is 13.0 Å². The van der Waals surface area contributed by atoms with Crippen LogP contribution in [0.5, 0.6) is 0 Å². The standard InChI is InChI=1S/C13H18F3N5O/c1-4-7(2)9(6-22)18-10-5-8(3)17-12-19-11(13(14,15)16)20-21(10)12/h5,7,9,18,22H,4,6H2,1-3H3/t7-,9+/m0/s1. The molecule has 6 nitrogen and oxygen atoms in total. The number of alkyl halides is 3. The van der Waals surface area contributed by atoms with Gasteiger partial charge in [-0.05, 0) is 12.8 Å². The van der Waals surface area contributed by atoms with E-state index in [4.69, 9.17) is 0 Å². The number of aryl methyl sites for hydroxylation is 1. The van der Waals surface area contributed by atoms with Crippen molar-refractivity contribution in [2.45, 2.75) is 39.4 Å². The number of nitrogens with zero attached hydrogens (tertiary/aromatic N) is 4. The van der Waals surface area contributed by atoms with Gasteiger partial charge in [0, 0.05) is 11.8 Å². The first-order chi connectivity index (χ1) is 10.3. The summed E-state index contributed by atoms with van der Waals surface area (Å²) in [7, 11) is 0. The third-order valence-electron chi connectivity index (χ3n) is 3.55. The lowest BCUT2D eigenvalue weighted by Crippen LogP contribution is -2.31. The molecule has 0 radical (unpaired) electrons. The number of aliphatic hydroxyl groups excluding tert-OH is 1. The molecule has 0 aliphatic heterocycles. The topological polar surface area (TPSA) is 75.3 Å². The summed E-state index contributed by atoms with van der Waals surface area (Å²) in [5, 5.41) is 16.0. The second kappa shape index (κ2) is 6.07. The van der Waals surface area contributed by atoms with Crippen LogP contribution in [0, 0.1) is 12.8 Å². The molecule has 2 heterocycles. The molecule has 2 atom stereocenters. The zero-order valence-electron chi connectivity index (χ0n) is 12.5. The zero-order chi connectivity index (χ0) is 16.5. The molecule has 0 saturated heterocycles. The molecule has 0 saturated carbocycles. The van der Waals surface area contributed by atoms with Crippen molar-refractivity contribution >= 4 is 11.6 Å². The minimum absolute atomic E-state index is 0.129. The highest BCUT2D eigenvalue weighted by molar-refractivity contribution is 5.46. The number of halogens is 3. The van der Waals surface area contributed by atoms with Crippen LogP contribution in [-0.4, -0.2) is 37.3 Å². The molecule has 22 heavy (non-hydrogen) atoms. The van der Waals surface area contributed by atoms with Gasteiger partial charge >= 0.3 is 6.18 Å². The predicted molar refractivity (Wildman–Crippen MR) is 74.5 cm³/mol. The lowest BCUT2D eigenvalue weighted by molar-refractivity contribution is -0.144. The van der Waals surface area contributed by atoms with Crippen LogP contribution in [0.1, 0.15) is 31.8 Å². The monoisotopic (exact) mass is 317 g/mol. The van der Waals surface area contributed by atoms with Gasteiger partial charge in [-0.25, -0.2) is 4.98 Å². The molecule has 0 aliphatic carbocycles. The van der Waals surface area contributed by atoms with Crippen molar-refractivity contribution in [1.82, 2.24) is 19.6 Å². The summed E-state index contributed by atoms with van der Waals surface area (Å²) in [6.07, 6.45) is -3.82. The average Bonchev–Trinajstić information content (AvgIpc) is 2.87. The van der Waals surface area contributed by atoms with E-state index < -0.39 is 12.0 Å². The average molecular weight is 317 g/mol. The molecule has 2 rings (SSSR count). The van der Waals surface area contributed by atoms with Crippen LogP contribution < -0.4 is 5.32 Å². The number of fused-ring (bicyclic) bond motifs is 1. The summed E-state index contributed by atoms with van der Waals surface area (Å²) >= 11 is 0. The van der Waals surface area contributed by atoms with Crippen LogP contribution >= 0.6 is 0 Å². The maximum atomic E-state index is 12.7. The first-order valence-electron chi connectivity index (χ1n) is 6.95. The first kappa shape index (κ1) is 16.5. The van der Waals surface area contributed by atoms with Gasteiger partial charge < -0.3 is 10.4 Å². The number of nitrogens with one attached hydrogen (secondary N) is 1. The largest absolute Gasteiger partial charge is 0.453 e. The van der Waals surface area contributed by atoms with E-state index in [0.717, 1.165) is 10.9 Å². The number of hydrogen-bond donors (Lipinski definition) is 2. The van der Waals surface area contributed by atoms with Gasteiger partial charge in [0.1, 0.15) is 5.82 Å². The van der Waals surface area contributed by atoms with E-state index in [1.165, 1.54) is 0 Å². The van der Waals surface area contributed by atoms with Crippen molar-refractivity contribution in [1.29, 1.82) is 0 Å². The van der Waals surface area contributed by atoms with Gasteiger partial charge in [-0.2, -0.15) is 22.7 Å². The molecule has 2 aromatic heterocycles. The van der Waals surface area contributed by atoms with Gasteiger partial charge in [0.15, 0.2) is 0 Å². The first-order valence-corrected chi connectivity index (χ1v) is 6.95. The van der Waals surface area contributed by atoms with Crippen molar-refractivity contribution < 1.29 is 18.3 Å². The van der Waals surface area contributed by atoms with Crippen LogP contribution in [-0.2, 0) is 6.18 Å². The van der Waals surface area contributed by atoms with Gasteiger partial charge in [-0.15, -0.1) is 5.10 Å². The molecule has 0 bridgehead atoms. The molecule has 0 aromatic carbocycles. The lowest BCUT2D eigenvalue weighted by Gasteiger charge is -2.23. The Labute approximate surface area is 125 Å². The Kier molecular flexibility index (Phi) is 4.55. The summed E-state index contributed by atoms with van der Waals surface area (Å²) < 4.78 is 39.2. The molecule has 0 unspecified atom stereocenters. The SMILES string of the molecule is CC[C@H](C)[C@@H](CO)Nc1cc(C)nc2nc(C(F)(F)F)nn12. The van der Waals surface area contributed by atoms with Gasteiger partial charge in [0.2, 0.25) is 0 Å². The van der Waals surface area contributed by atoms with Crippen molar-refractivity contribution in [2.24, 2.45) is 5.92 Å². The Morgan fingerprint density at radius 1 is 1.36 bits per heavy atom. The highest BCUT2D eigenvalue weighted by Gasteiger charge is 2.37. The van der Waals surface area contributed by atoms with Crippen molar-refractivity contribution in [2.75, 3.05) is 11.9 Å². The number of anilines is 1. The summed E-state index contributed by atoms with van der Waals surface area (Å²) in [4.78, 5) is 7.37.